The van der Waals surface area contributed by atoms with E-state index in [9.17, 15) is 13.2 Å². The molecule has 3 nitrogen and oxygen atoms in total. The average Bonchev–Trinajstić information content (AvgIpc) is 2.07. The third-order valence-electron chi connectivity index (χ3n) is 1.69. The van der Waals surface area contributed by atoms with Crippen molar-refractivity contribution in [1.29, 1.82) is 0 Å². The Morgan fingerprint density at radius 3 is 2.36 bits per heavy atom. The number of halogens is 3. The second kappa shape index (κ2) is 7.03. The fraction of sp³-hybridized carbons (Fsp3) is 1.00. The Labute approximate surface area is 82.0 Å². The highest BCUT2D eigenvalue weighted by molar-refractivity contribution is 4.63. The van der Waals surface area contributed by atoms with Gasteiger partial charge < -0.3 is 10.5 Å². The van der Waals surface area contributed by atoms with Crippen LogP contribution in [0, 0.1) is 0 Å². The Balaban J connectivity index is 3.84. The second-order valence-corrected chi connectivity index (χ2v) is 3.03. The molecule has 86 valence electrons. The Kier molecular flexibility index (Phi) is 6.86. The Morgan fingerprint density at radius 1 is 1.29 bits per heavy atom. The maximum absolute atomic E-state index is 12.0. The van der Waals surface area contributed by atoms with E-state index in [4.69, 9.17) is 10.5 Å². The normalized spacial score (nSPS) is 12.4. The van der Waals surface area contributed by atoms with Gasteiger partial charge in [-0.2, -0.15) is 13.2 Å². The number of nitrogens with two attached hydrogens (primary N) is 1. The molecular formula is C8H17F3N2O. The van der Waals surface area contributed by atoms with Gasteiger partial charge in [0.2, 0.25) is 0 Å². The summed E-state index contributed by atoms with van der Waals surface area (Å²) in [6.45, 7) is 0.466. The SMILES string of the molecule is COCCN(CCCN)CC(F)(F)F. The molecule has 0 unspecified atom stereocenters. The summed E-state index contributed by atoms with van der Waals surface area (Å²) in [5, 5.41) is 0. The summed E-state index contributed by atoms with van der Waals surface area (Å²) in [6.07, 6.45) is -3.58. The molecular weight excluding hydrogens is 197 g/mol. The molecule has 0 aromatic rings. The van der Waals surface area contributed by atoms with Crippen LogP contribution in [-0.4, -0.2) is 51.0 Å². The zero-order valence-electron chi connectivity index (χ0n) is 8.31. The van der Waals surface area contributed by atoms with E-state index in [1.54, 1.807) is 0 Å². The number of ether oxygens (including phenoxy) is 1. The summed E-state index contributed by atoms with van der Waals surface area (Å²) in [5.74, 6) is 0. The summed E-state index contributed by atoms with van der Waals surface area (Å²) in [5.41, 5.74) is 5.23. The summed E-state index contributed by atoms with van der Waals surface area (Å²) in [4.78, 5) is 1.30. The summed E-state index contributed by atoms with van der Waals surface area (Å²) >= 11 is 0. The topological polar surface area (TPSA) is 38.5 Å². The van der Waals surface area contributed by atoms with Crippen LogP contribution in [-0.2, 0) is 4.74 Å². The molecule has 2 N–H and O–H groups in total. The lowest BCUT2D eigenvalue weighted by atomic mass is 10.3. The van der Waals surface area contributed by atoms with E-state index in [0.29, 0.717) is 26.1 Å². The monoisotopic (exact) mass is 214 g/mol. The Bertz CT molecular complexity index is 133. The number of nitrogens with zero attached hydrogens (tertiary/aromatic N) is 1. The lowest BCUT2D eigenvalue weighted by molar-refractivity contribution is -0.147. The van der Waals surface area contributed by atoms with Crippen molar-refractivity contribution in [3.8, 4) is 0 Å². The Hall–Kier alpha value is -0.330. The van der Waals surface area contributed by atoms with Gasteiger partial charge in [-0.3, -0.25) is 4.90 Å². The zero-order valence-corrected chi connectivity index (χ0v) is 8.31. The van der Waals surface area contributed by atoms with Crippen molar-refractivity contribution < 1.29 is 17.9 Å². The van der Waals surface area contributed by atoms with Gasteiger partial charge in [0.15, 0.2) is 0 Å². The second-order valence-electron chi connectivity index (χ2n) is 3.03. The molecule has 0 rings (SSSR count). The van der Waals surface area contributed by atoms with E-state index in [1.807, 2.05) is 0 Å². The van der Waals surface area contributed by atoms with Crippen LogP contribution in [0.4, 0.5) is 13.2 Å². The van der Waals surface area contributed by atoms with Crippen LogP contribution in [0.1, 0.15) is 6.42 Å². The van der Waals surface area contributed by atoms with Crippen LogP contribution < -0.4 is 5.73 Å². The molecule has 0 amide bonds. The van der Waals surface area contributed by atoms with E-state index >= 15 is 0 Å². The van der Waals surface area contributed by atoms with E-state index < -0.39 is 12.7 Å². The van der Waals surface area contributed by atoms with Gasteiger partial charge in [-0.15, -0.1) is 0 Å². The summed E-state index contributed by atoms with van der Waals surface area (Å²) in [6, 6.07) is 0. The van der Waals surface area contributed by atoms with Crippen LogP contribution in [0.3, 0.4) is 0 Å². The number of hydrogen-bond acceptors (Lipinski definition) is 3. The first-order valence-electron chi connectivity index (χ1n) is 4.47. The summed E-state index contributed by atoms with van der Waals surface area (Å²) in [7, 11) is 1.47. The fourth-order valence-corrected chi connectivity index (χ4v) is 1.06. The fourth-order valence-electron chi connectivity index (χ4n) is 1.06. The smallest absolute Gasteiger partial charge is 0.383 e. The molecule has 14 heavy (non-hydrogen) atoms. The zero-order chi connectivity index (χ0) is 11.0. The number of alkyl halides is 3. The molecule has 0 heterocycles. The van der Waals surface area contributed by atoms with E-state index in [0.717, 1.165) is 0 Å². The van der Waals surface area contributed by atoms with Crippen molar-refractivity contribution >= 4 is 0 Å². The molecule has 0 aromatic carbocycles. The Morgan fingerprint density at radius 2 is 1.93 bits per heavy atom. The lowest BCUT2D eigenvalue weighted by Gasteiger charge is -2.22. The molecule has 0 aliphatic heterocycles. The van der Waals surface area contributed by atoms with Gasteiger partial charge in [-0.05, 0) is 19.5 Å². The van der Waals surface area contributed by atoms with Gasteiger partial charge in [0.05, 0.1) is 13.2 Å². The van der Waals surface area contributed by atoms with Crippen LogP contribution in [0.2, 0.25) is 0 Å². The van der Waals surface area contributed by atoms with Crippen molar-refractivity contribution in [2.24, 2.45) is 5.73 Å². The van der Waals surface area contributed by atoms with Crippen LogP contribution in [0.15, 0.2) is 0 Å². The van der Waals surface area contributed by atoms with E-state index in [2.05, 4.69) is 0 Å². The minimum absolute atomic E-state index is 0.288. The van der Waals surface area contributed by atoms with Crippen molar-refractivity contribution in [2.45, 2.75) is 12.6 Å². The third kappa shape index (κ3) is 8.28. The third-order valence-corrected chi connectivity index (χ3v) is 1.69. The molecule has 0 bridgehead atoms. The maximum atomic E-state index is 12.0. The van der Waals surface area contributed by atoms with Gasteiger partial charge >= 0.3 is 6.18 Å². The molecule has 0 saturated heterocycles. The number of hydrogen-bond donors (Lipinski definition) is 1. The first kappa shape index (κ1) is 13.7. The molecule has 6 heteroatoms. The highest BCUT2D eigenvalue weighted by atomic mass is 19.4. The molecule has 0 saturated carbocycles. The van der Waals surface area contributed by atoms with Gasteiger partial charge in [0.1, 0.15) is 0 Å². The van der Waals surface area contributed by atoms with Crippen LogP contribution >= 0.6 is 0 Å². The maximum Gasteiger partial charge on any atom is 0.401 e. The predicted octanol–water partition coefficient (Wildman–Crippen LogP) is 0.846. The average molecular weight is 214 g/mol. The molecule has 0 atom stereocenters. The molecule has 0 aliphatic rings. The number of rotatable bonds is 7. The molecule has 0 spiro atoms. The van der Waals surface area contributed by atoms with Gasteiger partial charge in [-0.25, -0.2) is 0 Å². The first-order chi connectivity index (χ1) is 6.49. The molecule has 0 aliphatic carbocycles. The largest absolute Gasteiger partial charge is 0.401 e. The quantitative estimate of drug-likeness (QED) is 0.682. The van der Waals surface area contributed by atoms with Crippen molar-refractivity contribution in [2.75, 3.05) is 39.9 Å². The van der Waals surface area contributed by atoms with Gasteiger partial charge in [-0.1, -0.05) is 0 Å². The van der Waals surface area contributed by atoms with E-state index in [1.165, 1.54) is 12.0 Å². The van der Waals surface area contributed by atoms with Crippen LogP contribution in [0.25, 0.3) is 0 Å². The predicted molar refractivity (Wildman–Crippen MR) is 48.0 cm³/mol. The first-order valence-corrected chi connectivity index (χ1v) is 4.47. The van der Waals surface area contributed by atoms with Gasteiger partial charge in [0.25, 0.3) is 0 Å². The molecule has 0 radical (unpaired) electrons. The minimum Gasteiger partial charge on any atom is -0.383 e. The number of methoxy groups -OCH3 is 1. The lowest BCUT2D eigenvalue weighted by Crippen LogP contribution is -2.37. The van der Waals surface area contributed by atoms with Crippen LogP contribution in [0.5, 0.6) is 0 Å². The highest BCUT2D eigenvalue weighted by Crippen LogP contribution is 2.16. The highest BCUT2D eigenvalue weighted by Gasteiger charge is 2.30. The molecule has 0 fully saturated rings. The molecule has 0 aromatic heterocycles. The minimum atomic E-state index is -4.15. The summed E-state index contributed by atoms with van der Waals surface area (Å²) < 4.78 is 40.9. The van der Waals surface area contributed by atoms with Crippen molar-refractivity contribution in [3.63, 3.8) is 0 Å². The standard InChI is InChI=1S/C8H17F3N2O/c1-14-6-5-13(4-2-3-12)7-8(9,10)11/h2-7,12H2,1H3. The van der Waals surface area contributed by atoms with Crippen molar-refractivity contribution in [1.82, 2.24) is 4.90 Å². The van der Waals surface area contributed by atoms with Gasteiger partial charge in [0, 0.05) is 13.7 Å². The van der Waals surface area contributed by atoms with E-state index in [-0.39, 0.29) is 6.54 Å². The van der Waals surface area contributed by atoms with Crippen molar-refractivity contribution in [3.05, 3.63) is 0 Å².